The summed E-state index contributed by atoms with van der Waals surface area (Å²) in [5, 5.41) is 9.22. The summed E-state index contributed by atoms with van der Waals surface area (Å²) in [5.74, 6) is -0.380. The molecule has 1 heterocycles. The van der Waals surface area contributed by atoms with Gasteiger partial charge in [-0.2, -0.15) is 13.2 Å². The summed E-state index contributed by atoms with van der Waals surface area (Å²) >= 11 is 0. The molecule has 1 aliphatic heterocycles. The number of benzene rings is 1. The largest absolute Gasteiger partial charge is 0.418 e. The number of allylic oxidation sites excluding steroid dienone is 5. The smallest absolute Gasteiger partial charge is 0.379 e. The molecule has 3 rings (SSSR count). The van der Waals surface area contributed by atoms with Crippen molar-refractivity contribution in [2.24, 2.45) is 10.9 Å². The van der Waals surface area contributed by atoms with Crippen LogP contribution in [0, 0.1) is 5.92 Å². The van der Waals surface area contributed by atoms with E-state index in [1.54, 1.807) is 6.08 Å². The van der Waals surface area contributed by atoms with Crippen LogP contribution in [-0.2, 0) is 11.2 Å². The van der Waals surface area contributed by atoms with E-state index >= 15 is 0 Å². The summed E-state index contributed by atoms with van der Waals surface area (Å²) in [6.07, 6.45) is 2.29. The van der Waals surface area contributed by atoms with Crippen molar-refractivity contribution < 1.29 is 23.1 Å². The topological polar surface area (TPSA) is 49.7 Å². The summed E-state index contributed by atoms with van der Waals surface area (Å²) < 4.78 is 37.5. The number of hydrogen-bond acceptors (Lipinski definition) is 2. The zero-order valence-electron chi connectivity index (χ0n) is 12.5. The molecule has 1 N–H and O–H groups in total. The molecule has 0 saturated heterocycles. The van der Waals surface area contributed by atoms with Gasteiger partial charge in [-0.3, -0.25) is 4.79 Å². The van der Waals surface area contributed by atoms with Gasteiger partial charge in [0.2, 0.25) is 0 Å². The minimum atomic E-state index is -4.70. The third kappa shape index (κ3) is 3.38. The van der Waals surface area contributed by atoms with Crippen LogP contribution in [-0.4, -0.2) is 22.9 Å². The second-order valence-corrected chi connectivity index (χ2v) is 5.67. The first-order chi connectivity index (χ1) is 11.3. The molecule has 1 amide bonds. The lowest BCUT2D eigenvalue weighted by molar-refractivity contribution is -0.206. The molecule has 2 aliphatic rings. The summed E-state index contributed by atoms with van der Waals surface area (Å²) in [6.45, 7) is 0. The average molecular weight is 333 g/mol. The molecule has 0 bridgehead atoms. The van der Waals surface area contributed by atoms with E-state index in [4.69, 9.17) is 0 Å². The maximum absolute atomic E-state index is 12.5. The predicted octanol–water partition coefficient (Wildman–Crippen LogP) is 3.47. The Bertz CT molecular complexity index is 770. The number of rotatable bonds is 3. The number of halogens is 3. The van der Waals surface area contributed by atoms with Gasteiger partial charge in [-0.15, -0.1) is 0 Å². The molecule has 0 fully saturated rings. The van der Waals surface area contributed by atoms with Crippen molar-refractivity contribution in [3.8, 4) is 0 Å². The number of hydrogen-bond donors (Lipinski definition) is 1. The minimum Gasteiger partial charge on any atom is -0.379 e. The van der Waals surface area contributed by atoms with E-state index in [1.165, 1.54) is 24.3 Å². The molecule has 1 aromatic rings. The summed E-state index contributed by atoms with van der Waals surface area (Å²) in [4.78, 5) is 16.1. The van der Waals surface area contributed by atoms with Gasteiger partial charge in [0.1, 0.15) is 0 Å². The van der Waals surface area contributed by atoms with Crippen LogP contribution in [0.4, 0.5) is 13.2 Å². The van der Waals surface area contributed by atoms with E-state index < -0.39 is 12.3 Å². The molecular weight excluding hydrogens is 319 g/mol. The fraction of sp³-hybridized carbons (Fsp3) is 0.222. The maximum Gasteiger partial charge on any atom is 0.418 e. The Kier molecular flexibility index (Phi) is 4.24. The van der Waals surface area contributed by atoms with E-state index in [2.05, 4.69) is 4.99 Å². The van der Waals surface area contributed by atoms with Gasteiger partial charge in [0.25, 0.3) is 5.91 Å². The Balaban J connectivity index is 1.75. The van der Waals surface area contributed by atoms with Gasteiger partial charge in [0.15, 0.2) is 6.10 Å². The molecule has 0 spiro atoms. The monoisotopic (exact) mass is 333 g/mol. The Morgan fingerprint density at radius 1 is 1.17 bits per heavy atom. The van der Waals surface area contributed by atoms with Crippen molar-refractivity contribution in [3.63, 3.8) is 0 Å². The molecule has 0 aromatic heterocycles. The van der Waals surface area contributed by atoms with Crippen LogP contribution in [0.5, 0.6) is 0 Å². The van der Waals surface area contributed by atoms with Crippen LogP contribution in [0.1, 0.15) is 17.2 Å². The first kappa shape index (κ1) is 16.4. The van der Waals surface area contributed by atoms with Crippen molar-refractivity contribution in [1.29, 1.82) is 0 Å². The third-order valence-electron chi connectivity index (χ3n) is 3.92. The molecule has 3 nitrogen and oxygen atoms in total. The van der Waals surface area contributed by atoms with Crippen molar-refractivity contribution in [1.82, 2.24) is 0 Å². The third-order valence-corrected chi connectivity index (χ3v) is 3.92. The van der Waals surface area contributed by atoms with Gasteiger partial charge >= 0.3 is 6.18 Å². The fourth-order valence-electron chi connectivity index (χ4n) is 2.64. The van der Waals surface area contributed by atoms with Crippen LogP contribution in [0.15, 0.2) is 65.2 Å². The van der Waals surface area contributed by atoms with Gasteiger partial charge in [-0.25, -0.2) is 4.99 Å². The summed E-state index contributed by atoms with van der Waals surface area (Å²) in [7, 11) is 0. The number of aliphatic imine (C=N–C) groups is 1. The van der Waals surface area contributed by atoms with E-state index in [0.29, 0.717) is 16.8 Å². The van der Waals surface area contributed by atoms with E-state index in [0.717, 1.165) is 0 Å². The van der Waals surface area contributed by atoms with Crippen molar-refractivity contribution in [2.45, 2.75) is 18.7 Å². The number of aliphatic hydroxyl groups is 1. The zero-order chi connectivity index (χ0) is 17.3. The van der Waals surface area contributed by atoms with E-state index in [1.807, 2.05) is 24.3 Å². The Morgan fingerprint density at radius 3 is 2.54 bits per heavy atom. The lowest BCUT2D eigenvalue weighted by atomic mass is 9.90. The lowest BCUT2D eigenvalue weighted by Gasteiger charge is -2.19. The summed E-state index contributed by atoms with van der Waals surface area (Å²) in [6, 6.07) is 5.40. The lowest BCUT2D eigenvalue weighted by Crippen LogP contribution is -2.21. The molecule has 0 saturated carbocycles. The van der Waals surface area contributed by atoms with Gasteiger partial charge in [0.05, 0.1) is 5.71 Å². The normalized spacial score (nSPS) is 21.2. The highest BCUT2D eigenvalue weighted by molar-refractivity contribution is 6.13. The number of amides is 1. The molecule has 1 aromatic carbocycles. The van der Waals surface area contributed by atoms with Crippen LogP contribution >= 0.6 is 0 Å². The Hall–Kier alpha value is -2.47. The molecular formula is C18H14F3NO2. The number of carbonyl (C=O) groups is 1. The first-order valence-electron chi connectivity index (χ1n) is 7.36. The second kappa shape index (κ2) is 6.20. The van der Waals surface area contributed by atoms with Gasteiger partial charge < -0.3 is 5.11 Å². The standard InChI is InChI=1S/C18H14F3NO2/c19-18(20,21)16(23)12-7-5-11(6-8-12)9-14-10-13-3-1-2-4-15(13)22-17(14)24/h1-8,10,13,16,23H,9H2. The zero-order valence-corrected chi connectivity index (χ0v) is 12.5. The molecule has 2 atom stereocenters. The van der Waals surface area contributed by atoms with Crippen LogP contribution in [0.2, 0.25) is 0 Å². The quantitative estimate of drug-likeness (QED) is 0.921. The Morgan fingerprint density at radius 2 is 1.88 bits per heavy atom. The average Bonchev–Trinajstić information content (AvgIpc) is 2.55. The molecule has 2 unspecified atom stereocenters. The molecule has 24 heavy (non-hydrogen) atoms. The van der Waals surface area contributed by atoms with Crippen molar-refractivity contribution in [2.75, 3.05) is 0 Å². The highest BCUT2D eigenvalue weighted by Crippen LogP contribution is 2.32. The molecule has 6 heteroatoms. The number of alkyl halides is 3. The van der Waals surface area contributed by atoms with Gasteiger partial charge in [0, 0.05) is 17.9 Å². The van der Waals surface area contributed by atoms with Gasteiger partial charge in [-0.05, 0) is 17.2 Å². The van der Waals surface area contributed by atoms with Crippen LogP contribution < -0.4 is 0 Å². The molecule has 0 radical (unpaired) electrons. The number of fused-ring (bicyclic) bond motifs is 1. The number of nitrogens with zero attached hydrogens (tertiary/aromatic N) is 1. The first-order valence-corrected chi connectivity index (χ1v) is 7.36. The maximum atomic E-state index is 12.5. The van der Waals surface area contributed by atoms with E-state index in [9.17, 15) is 23.1 Å². The van der Waals surface area contributed by atoms with E-state index in [-0.39, 0.29) is 23.8 Å². The molecule has 124 valence electrons. The second-order valence-electron chi connectivity index (χ2n) is 5.67. The minimum absolute atomic E-state index is 0.0472. The Labute approximate surface area is 136 Å². The highest BCUT2D eigenvalue weighted by atomic mass is 19.4. The molecule has 1 aliphatic carbocycles. The highest BCUT2D eigenvalue weighted by Gasteiger charge is 2.39. The van der Waals surface area contributed by atoms with Crippen molar-refractivity contribution >= 4 is 11.6 Å². The van der Waals surface area contributed by atoms with Crippen LogP contribution in [0.25, 0.3) is 0 Å². The van der Waals surface area contributed by atoms with Crippen LogP contribution in [0.3, 0.4) is 0 Å². The predicted molar refractivity (Wildman–Crippen MR) is 83.5 cm³/mol. The van der Waals surface area contributed by atoms with Crippen molar-refractivity contribution in [3.05, 3.63) is 71.3 Å². The number of dihydropyridines is 1. The van der Waals surface area contributed by atoms with Gasteiger partial charge in [-0.1, -0.05) is 48.6 Å². The fourth-order valence-corrected chi connectivity index (χ4v) is 2.64. The summed E-state index contributed by atoms with van der Waals surface area (Å²) in [5.41, 5.74) is 1.65. The number of aliphatic hydroxyl groups excluding tert-OH is 1. The SMILES string of the molecule is O=C1N=C2C=CC=CC2C=C1Cc1ccc(C(O)C(F)(F)F)cc1. The number of carbonyl (C=O) groups excluding carboxylic acids is 1.